The summed E-state index contributed by atoms with van der Waals surface area (Å²) < 4.78 is 11.2. The molecule has 3 heterocycles. The SMILES string of the molecule is CC(c1cc2ccccc2o1)N(C)C(=O)C1CC(=O)N(Cc2ccco2)C1. The second kappa shape index (κ2) is 6.95. The highest BCUT2D eigenvalue weighted by molar-refractivity contribution is 5.89. The van der Waals surface area contributed by atoms with Gasteiger partial charge in [0.1, 0.15) is 17.1 Å². The van der Waals surface area contributed by atoms with Gasteiger partial charge in [-0.3, -0.25) is 9.59 Å². The van der Waals surface area contributed by atoms with Crippen LogP contribution >= 0.6 is 0 Å². The molecule has 6 nitrogen and oxygen atoms in total. The van der Waals surface area contributed by atoms with Crippen LogP contribution in [0.25, 0.3) is 11.0 Å². The quantitative estimate of drug-likeness (QED) is 0.692. The molecule has 0 N–H and O–H groups in total. The number of para-hydroxylation sites is 1. The Hall–Kier alpha value is -3.02. The smallest absolute Gasteiger partial charge is 0.228 e. The van der Waals surface area contributed by atoms with E-state index >= 15 is 0 Å². The van der Waals surface area contributed by atoms with Gasteiger partial charge in [0, 0.05) is 25.4 Å². The number of hydrogen-bond donors (Lipinski definition) is 0. The van der Waals surface area contributed by atoms with Crippen LogP contribution in [0.15, 0.2) is 57.6 Å². The van der Waals surface area contributed by atoms with Crippen molar-refractivity contribution in [3.8, 4) is 0 Å². The van der Waals surface area contributed by atoms with Gasteiger partial charge in [0.15, 0.2) is 0 Å². The zero-order valence-electron chi connectivity index (χ0n) is 15.4. The van der Waals surface area contributed by atoms with E-state index in [4.69, 9.17) is 8.83 Å². The molecule has 6 heteroatoms. The summed E-state index contributed by atoms with van der Waals surface area (Å²) in [6, 6.07) is 13.2. The first-order chi connectivity index (χ1) is 13.0. The van der Waals surface area contributed by atoms with Crippen molar-refractivity contribution in [1.82, 2.24) is 9.80 Å². The monoisotopic (exact) mass is 366 g/mol. The number of likely N-dealkylation sites (tertiary alicyclic amines) is 1. The molecule has 27 heavy (non-hydrogen) atoms. The Balaban J connectivity index is 1.44. The van der Waals surface area contributed by atoms with Crippen molar-refractivity contribution >= 4 is 22.8 Å². The maximum Gasteiger partial charge on any atom is 0.228 e. The first-order valence-corrected chi connectivity index (χ1v) is 9.08. The van der Waals surface area contributed by atoms with Crippen LogP contribution in [0.2, 0.25) is 0 Å². The molecule has 4 rings (SSSR count). The van der Waals surface area contributed by atoms with Gasteiger partial charge in [-0.05, 0) is 31.2 Å². The van der Waals surface area contributed by atoms with Gasteiger partial charge in [-0.25, -0.2) is 0 Å². The molecule has 1 aliphatic heterocycles. The molecule has 0 radical (unpaired) electrons. The first-order valence-electron chi connectivity index (χ1n) is 9.08. The standard InChI is InChI=1S/C21H22N2O4/c1-14(19-10-15-6-3-4-8-18(15)27-19)22(2)21(25)16-11-20(24)23(12-16)13-17-7-5-9-26-17/h3-10,14,16H,11-13H2,1-2H3. The Morgan fingerprint density at radius 3 is 2.85 bits per heavy atom. The molecule has 1 aliphatic rings. The van der Waals surface area contributed by atoms with Crippen molar-refractivity contribution < 1.29 is 18.4 Å². The Morgan fingerprint density at radius 2 is 2.11 bits per heavy atom. The third kappa shape index (κ3) is 3.35. The zero-order chi connectivity index (χ0) is 19.0. The average Bonchev–Trinajstić information content (AvgIpc) is 3.40. The number of rotatable bonds is 5. The largest absolute Gasteiger partial charge is 0.467 e. The van der Waals surface area contributed by atoms with Crippen molar-refractivity contribution in [3.63, 3.8) is 0 Å². The summed E-state index contributed by atoms with van der Waals surface area (Å²) in [5.74, 6) is 1.06. The normalized spacial score (nSPS) is 18.2. The van der Waals surface area contributed by atoms with Crippen LogP contribution in [0.4, 0.5) is 0 Å². The van der Waals surface area contributed by atoms with Gasteiger partial charge >= 0.3 is 0 Å². The maximum atomic E-state index is 13.0. The van der Waals surface area contributed by atoms with Gasteiger partial charge in [-0.1, -0.05) is 18.2 Å². The molecular weight excluding hydrogens is 344 g/mol. The number of benzene rings is 1. The molecule has 1 fully saturated rings. The Labute approximate surface area is 157 Å². The second-order valence-electron chi connectivity index (χ2n) is 7.07. The van der Waals surface area contributed by atoms with E-state index in [1.54, 1.807) is 29.2 Å². The molecule has 0 saturated carbocycles. The molecule has 0 aliphatic carbocycles. The third-order valence-corrected chi connectivity index (χ3v) is 5.28. The topological polar surface area (TPSA) is 66.9 Å². The number of hydrogen-bond acceptors (Lipinski definition) is 4. The van der Waals surface area contributed by atoms with E-state index in [-0.39, 0.29) is 30.2 Å². The summed E-state index contributed by atoms with van der Waals surface area (Å²) in [6.07, 6.45) is 1.82. The van der Waals surface area contributed by atoms with Crippen molar-refractivity contribution in [3.05, 3.63) is 60.2 Å². The molecule has 0 bridgehead atoms. The number of furan rings is 2. The van der Waals surface area contributed by atoms with Gasteiger partial charge in [0.05, 0.1) is 24.8 Å². The number of fused-ring (bicyclic) bond motifs is 1. The van der Waals surface area contributed by atoms with E-state index in [2.05, 4.69) is 0 Å². The molecule has 2 atom stereocenters. The second-order valence-corrected chi connectivity index (χ2v) is 7.07. The van der Waals surface area contributed by atoms with Crippen LogP contribution in [0.3, 0.4) is 0 Å². The first kappa shape index (κ1) is 17.4. The molecule has 0 spiro atoms. The summed E-state index contributed by atoms with van der Waals surface area (Å²) in [7, 11) is 1.76. The van der Waals surface area contributed by atoms with E-state index < -0.39 is 0 Å². The predicted molar refractivity (Wildman–Crippen MR) is 99.6 cm³/mol. The van der Waals surface area contributed by atoms with Gasteiger partial charge in [-0.2, -0.15) is 0 Å². The zero-order valence-corrected chi connectivity index (χ0v) is 15.4. The Kier molecular flexibility index (Phi) is 4.48. The highest BCUT2D eigenvalue weighted by Crippen LogP contribution is 2.29. The van der Waals surface area contributed by atoms with Gasteiger partial charge in [-0.15, -0.1) is 0 Å². The predicted octanol–water partition coefficient (Wildman–Crippen LogP) is 3.59. The van der Waals surface area contributed by atoms with Crippen LogP contribution in [0.5, 0.6) is 0 Å². The molecular formula is C21H22N2O4. The Morgan fingerprint density at radius 1 is 1.30 bits per heavy atom. The number of carbonyl (C=O) groups excluding carboxylic acids is 2. The lowest BCUT2D eigenvalue weighted by Crippen LogP contribution is -2.36. The van der Waals surface area contributed by atoms with E-state index in [9.17, 15) is 9.59 Å². The summed E-state index contributed by atoms with van der Waals surface area (Å²) >= 11 is 0. The van der Waals surface area contributed by atoms with Crippen LogP contribution in [0, 0.1) is 5.92 Å². The molecule has 2 aromatic heterocycles. The number of amides is 2. The fourth-order valence-electron chi connectivity index (χ4n) is 3.56. The van der Waals surface area contributed by atoms with E-state index in [0.29, 0.717) is 13.1 Å². The summed E-state index contributed by atoms with van der Waals surface area (Å²) in [5, 5.41) is 1.01. The molecule has 1 saturated heterocycles. The van der Waals surface area contributed by atoms with Gasteiger partial charge in [0.2, 0.25) is 11.8 Å². The number of nitrogens with zero attached hydrogens (tertiary/aromatic N) is 2. The van der Waals surface area contributed by atoms with Crippen LogP contribution in [-0.4, -0.2) is 35.2 Å². The summed E-state index contributed by atoms with van der Waals surface area (Å²) in [5.41, 5.74) is 0.806. The minimum atomic E-state index is -0.343. The van der Waals surface area contributed by atoms with Crippen molar-refractivity contribution in [2.75, 3.05) is 13.6 Å². The van der Waals surface area contributed by atoms with E-state index in [1.165, 1.54) is 0 Å². The molecule has 1 aromatic carbocycles. The fraction of sp³-hybridized carbons (Fsp3) is 0.333. The van der Waals surface area contributed by atoms with E-state index in [1.807, 2.05) is 43.3 Å². The highest BCUT2D eigenvalue weighted by atomic mass is 16.3. The molecule has 3 aromatic rings. The minimum absolute atomic E-state index is 0.0189. The highest BCUT2D eigenvalue weighted by Gasteiger charge is 2.37. The van der Waals surface area contributed by atoms with Gasteiger partial charge < -0.3 is 18.6 Å². The molecule has 140 valence electrons. The summed E-state index contributed by atoms with van der Waals surface area (Å²) in [6.45, 7) is 2.75. The van der Waals surface area contributed by atoms with Crippen LogP contribution in [-0.2, 0) is 16.1 Å². The lowest BCUT2D eigenvalue weighted by atomic mass is 10.1. The fourth-order valence-corrected chi connectivity index (χ4v) is 3.56. The van der Waals surface area contributed by atoms with Crippen molar-refractivity contribution in [2.45, 2.75) is 25.9 Å². The minimum Gasteiger partial charge on any atom is -0.467 e. The average molecular weight is 366 g/mol. The van der Waals surface area contributed by atoms with Crippen molar-refractivity contribution in [1.29, 1.82) is 0 Å². The number of carbonyl (C=O) groups is 2. The van der Waals surface area contributed by atoms with Gasteiger partial charge in [0.25, 0.3) is 0 Å². The summed E-state index contributed by atoms with van der Waals surface area (Å²) in [4.78, 5) is 28.6. The third-order valence-electron chi connectivity index (χ3n) is 5.28. The molecule has 2 unspecified atom stereocenters. The Bertz CT molecular complexity index is 927. The van der Waals surface area contributed by atoms with E-state index in [0.717, 1.165) is 22.5 Å². The maximum absolute atomic E-state index is 13.0. The van der Waals surface area contributed by atoms with Crippen LogP contribution in [0.1, 0.15) is 30.9 Å². The molecule has 2 amide bonds. The lowest BCUT2D eigenvalue weighted by molar-refractivity contribution is -0.136. The lowest BCUT2D eigenvalue weighted by Gasteiger charge is -2.26. The van der Waals surface area contributed by atoms with Crippen molar-refractivity contribution in [2.24, 2.45) is 5.92 Å². The van der Waals surface area contributed by atoms with Crippen LogP contribution < -0.4 is 0 Å².